The van der Waals surface area contributed by atoms with Crippen molar-refractivity contribution >= 4 is 29.9 Å². The third-order valence-corrected chi connectivity index (χ3v) is 3.29. The van der Waals surface area contributed by atoms with E-state index in [9.17, 15) is 0 Å². The van der Waals surface area contributed by atoms with Gasteiger partial charge in [-0.1, -0.05) is 0 Å². The highest BCUT2D eigenvalue weighted by molar-refractivity contribution is 14.0. The van der Waals surface area contributed by atoms with Gasteiger partial charge in [0.15, 0.2) is 5.96 Å². The summed E-state index contributed by atoms with van der Waals surface area (Å²) in [5, 5.41) is 0. The molecule has 0 saturated carbocycles. The number of rotatable bonds is 4. The molecule has 2 N–H and O–H groups in total. The Morgan fingerprint density at radius 1 is 1.29 bits per heavy atom. The minimum atomic E-state index is 0. The first kappa shape index (κ1) is 17.0. The molecule has 1 aliphatic heterocycles. The molecule has 0 atom stereocenters. The van der Waals surface area contributed by atoms with Crippen LogP contribution in [0.3, 0.4) is 0 Å². The molecule has 0 aromatic heterocycles. The topological polar surface area (TPSA) is 44.9 Å². The number of nitrogens with zero attached hydrogens (tertiary/aromatic N) is 3. The predicted octanol–water partition coefficient (Wildman–Crippen LogP) is 1.75. The highest BCUT2D eigenvalue weighted by atomic mass is 127. The van der Waals surface area contributed by atoms with Crippen LogP contribution in [0.25, 0.3) is 0 Å². The van der Waals surface area contributed by atoms with E-state index in [2.05, 4.69) is 35.7 Å². The second-order valence-corrected chi connectivity index (χ2v) is 4.86. The van der Waals surface area contributed by atoms with Gasteiger partial charge in [-0.05, 0) is 40.2 Å². The van der Waals surface area contributed by atoms with Crippen LogP contribution in [0.1, 0.15) is 33.1 Å². The Bertz CT molecular complexity index is 225. The van der Waals surface area contributed by atoms with Crippen LogP contribution >= 0.6 is 24.0 Å². The number of guanidine groups is 1. The summed E-state index contributed by atoms with van der Waals surface area (Å²) in [7, 11) is 2.12. The van der Waals surface area contributed by atoms with Crippen molar-refractivity contribution in [1.82, 2.24) is 9.80 Å². The average Bonchev–Trinajstić information content (AvgIpc) is 2.29. The fourth-order valence-electron chi connectivity index (χ4n) is 1.80. The minimum Gasteiger partial charge on any atom is -0.370 e. The third-order valence-electron chi connectivity index (χ3n) is 3.29. The van der Waals surface area contributed by atoms with Gasteiger partial charge < -0.3 is 15.5 Å². The second-order valence-electron chi connectivity index (χ2n) is 4.86. The molecule has 0 bridgehead atoms. The van der Waals surface area contributed by atoms with Crippen molar-refractivity contribution in [3.05, 3.63) is 0 Å². The standard InChI is InChI=1S/C12H26N4.HI/c1-11(2)15(3)10-7-14-12(13)16-8-5-4-6-9-16;/h11H,4-10H2,1-3H3,(H2,13,14);1H. The fourth-order valence-corrected chi connectivity index (χ4v) is 1.80. The molecule has 0 spiro atoms. The number of hydrogen-bond donors (Lipinski definition) is 1. The van der Waals surface area contributed by atoms with E-state index >= 15 is 0 Å². The number of piperidine rings is 1. The number of hydrogen-bond acceptors (Lipinski definition) is 2. The molecule has 5 heteroatoms. The Hall–Kier alpha value is -0.0400. The van der Waals surface area contributed by atoms with E-state index < -0.39 is 0 Å². The third kappa shape index (κ3) is 6.45. The SMILES string of the molecule is CC(C)N(C)CCN=C(N)N1CCCCC1.I. The van der Waals surface area contributed by atoms with Crippen molar-refractivity contribution in [2.75, 3.05) is 33.2 Å². The van der Waals surface area contributed by atoms with Crippen LogP contribution < -0.4 is 5.73 Å². The van der Waals surface area contributed by atoms with Crippen LogP contribution in [0.2, 0.25) is 0 Å². The number of halogens is 1. The maximum absolute atomic E-state index is 5.97. The first-order valence-electron chi connectivity index (χ1n) is 6.36. The lowest BCUT2D eigenvalue weighted by Crippen LogP contribution is -2.41. The van der Waals surface area contributed by atoms with E-state index in [1.165, 1.54) is 19.3 Å². The summed E-state index contributed by atoms with van der Waals surface area (Å²) in [6, 6.07) is 0.575. The maximum atomic E-state index is 5.97. The smallest absolute Gasteiger partial charge is 0.191 e. The summed E-state index contributed by atoms with van der Waals surface area (Å²) in [5.74, 6) is 0.733. The molecular weight excluding hydrogens is 327 g/mol. The zero-order valence-corrected chi connectivity index (χ0v) is 13.7. The van der Waals surface area contributed by atoms with Gasteiger partial charge in [-0.25, -0.2) is 0 Å². The summed E-state index contributed by atoms with van der Waals surface area (Å²) in [5.41, 5.74) is 5.97. The molecule has 0 amide bonds. The largest absolute Gasteiger partial charge is 0.370 e. The Kier molecular flexibility index (Phi) is 8.94. The molecule has 0 aromatic carbocycles. The zero-order chi connectivity index (χ0) is 12.0. The monoisotopic (exact) mass is 354 g/mol. The Morgan fingerprint density at radius 2 is 1.88 bits per heavy atom. The van der Waals surface area contributed by atoms with Crippen LogP contribution in [-0.4, -0.2) is 55.0 Å². The minimum absolute atomic E-state index is 0. The summed E-state index contributed by atoms with van der Waals surface area (Å²) < 4.78 is 0. The highest BCUT2D eigenvalue weighted by Crippen LogP contribution is 2.07. The molecular formula is C12H27IN4. The van der Waals surface area contributed by atoms with E-state index in [4.69, 9.17) is 5.73 Å². The van der Waals surface area contributed by atoms with E-state index in [1.54, 1.807) is 0 Å². The quantitative estimate of drug-likeness (QED) is 0.475. The van der Waals surface area contributed by atoms with Crippen molar-refractivity contribution in [3.63, 3.8) is 0 Å². The summed E-state index contributed by atoms with van der Waals surface area (Å²) in [4.78, 5) is 8.94. The highest BCUT2D eigenvalue weighted by Gasteiger charge is 2.11. The molecule has 1 saturated heterocycles. The van der Waals surface area contributed by atoms with Gasteiger partial charge in [0.2, 0.25) is 0 Å². The summed E-state index contributed by atoms with van der Waals surface area (Å²) in [6.45, 7) is 8.32. The Morgan fingerprint density at radius 3 is 2.41 bits per heavy atom. The van der Waals surface area contributed by atoms with Gasteiger partial charge in [0.1, 0.15) is 0 Å². The van der Waals surface area contributed by atoms with Crippen LogP contribution in [0.5, 0.6) is 0 Å². The Labute approximate surface area is 123 Å². The van der Waals surface area contributed by atoms with Gasteiger partial charge in [-0.15, -0.1) is 24.0 Å². The molecule has 17 heavy (non-hydrogen) atoms. The van der Waals surface area contributed by atoms with Gasteiger partial charge >= 0.3 is 0 Å². The molecule has 102 valence electrons. The predicted molar refractivity (Wildman–Crippen MR) is 85.1 cm³/mol. The van der Waals surface area contributed by atoms with Crippen LogP contribution in [0.15, 0.2) is 4.99 Å². The molecule has 1 heterocycles. The molecule has 1 fully saturated rings. The number of nitrogens with two attached hydrogens (primary N) is 1. The lowest BCUT2D eigenvalue weighted by Gasteiger charge is -2.27. The van der Waals surface area contributed by atoms with Gasteiger partial charge in [-0.3, -0.25) is 4.99 Å². The van der Waals surface area contributed by atoms with Crippen molar-refractivity contribution < 1.29 is 0 Å². The summed E-state index contributed by atoms with van der Waals surface area (Å²) >= 11 is 0. The number of likely N-dealkylation sites (tertiary alicyclic amines) is 1. The van der Waals surface area contributed by atoms with Crippen LogP contribution in [0.4, 0.5) is 0 Å². The van der Waals surface area contributed by atoms with Crippen molar-refractivity contribution in [1.29, 1.82) is 0 Å². The second kappa shape index (κ2) is 8.97. The fraction of sp³-hybridized carbons (Fsp3) is 0.917. The van der Waals surface area contributed by atoms with Crippen molar-refractivity contribution in [2.24, 2.45) is 10.7 Å². The van der Waals surface area contributed by atoms with Crippen molar-refractivity contribution in [3.8, 4) is 0 Å². The van der Waals surface area contributed by atoms with Crippen molar-refractivity contribution in [2.45, 2.75) is 39.2 Å². The van der Waals surface area contributed by atoms with Gasteiger partial charge in [0.25, 0.3) is 0 Å². The molecule has 1 rings (SSSR count). The molecule has 0 aromatic rings. The first-order chi connectivity index (χ1) is 7.61. The van der Waals surface area contributed by atoms with Crippen LogP contribution in [0, 0.1) is 0 Å². The van der Waals surface area contributed by atoms with Gasteiger partial charge in [-0.2, -0.15) is 0 Å². The maximum Gasteiger partial charge on any atom is 0.191 e. The normalized spacial score (nSPS) is 17.5. The zero-order valence-electron chi connectivity index (χ0n) is 11.4. The van der Waals surface area contributed by atoms with E-state index in [0.29, 0.717) is 6.04 Å². The lowest BCUT2D eigenvalue weighted by molar-refractivity contribution is 0.280. The van der Waals surface area contributed by atoms with E-state index in [-0.39, 0.29) is 24.0 Å². The average molecular weight is 354 g/mol. The lowest BCUT2D eigenvalue weighted by atomic mass is 10.1. The number of aliphatic imine (C=N–C) groups is 1. The van der Waals surface area contributed by atoms with Gasteiger partial charge in [0, 0.05) is 25.7 Å². The van der Waals surface area contributed by atoms with E-state index in [1.807, 2.05) is 0 Å². The molecule has 1 aliphatic rings. The summed E-state index contributed by atoms with van der Waals surface area (Å²) in [6.07, 6.45) is 3.84. The van der Waals surface area contributed by atoms with Gasteiger partial charge in [0.05, 0.1) is 6.54 Å². The molecule has 4 nitrogen and oxygen atoms in total. The molecule has 0 radical (unpaired) electrons. The van der Waals surface area contributed by atoms with Crippen LogP contribution in [-0.2, 0) is 0 Å². The Balaban J connectivity index is 0.00000256. The molecule has 0 unspecified atom stereocenters. The first-order valence-corrected chi connectivity index (χ1v) is 6.36. The van der Waals surface area contributed by atoms with E-state index in [0.717, 1.165) is 32.1 Å². The molecule has 0 aliphatic carbocycles. The number of likely N-dealkylation sites (N-methyl/N-ethyl adjacent to an activating group) is 1.